The minimum absolute atomic E-state index is 0. The summed E-state index contributed by atoms with van der Waals surface area (Å²) >= 11 is 0. The molecule has 37 heteroatoms. The van der Waals surface area contributed by atoms with Gasteiger partial charge in [0.05, 0.1) is 118 Å². The summed E-state index contributed by atoms with van der Waals surface area (Å²) in [7, 11) is 3.14. The van der Waals surface area contributed by atoms with E-state index in [1.165, 1.54) is 164 Å². The Morgan fingerprint density at radius 3 is 0.538 bits per heavy atom. The van der Waals surface area contributed by atoms with Gasteiger partial charge in [0.1, 0.15) is 13.2 Å². The quantitative estimate of drug-likeness (QED) is 0.0466. The van der Waals surface area contributed by atoms with E-state index in [0.29, 0.717) is 52.9 Å². The topological polar surface area (TPSA) is 617 Å². The number of rotatable bonds is 50. The summed E-state index contributed by atoms with van der Waals surface area (Å²) in [6.45, 7) is 27.0. The molecule has 0 heterocycles. The van der Waals surface area contributed by atoms with Crippen molar-refractivity contribution in [2.45, 2.75) is 158 Å². The molecule has 0 N–H and O–H groups in total. The maximum atomic E-state index is 11.4. The number of esters is 2. The molecule has 0 aromatic heterocycles. The van der Waals surface area contributed by atoms with Gasteiger partial charge in [-0.05, 0) is 51.4 Å². The molecule has 6 radical (unpaired) electrons. The standard InChI is InChI=1S/2C16H36N.2C12H21O8.13O.6V/c2*1-5-9-13-17(14-10-6-2,15-11-7-3)16-12-8-4;2*1-17-2-3-18-4-5-19-6-7-20-11(16)12(8-13,9-14)10-15;;;;;;;;;;;;;;;;;;;/h2*5-16H2,1-4H3;2*2-10H2,1H3;;;;;;;;;;;;;;;;;;;/q2*+1;2*-3;13*-2;;;;;;. The SMILES string of the molecule is CCCC[N+](CCCC)(CCCC)CCCC.CCCC[N+](CCCC)(CCCC)CCCC.COCCOCCOCCOC(=O)C(C[O-])(C[O-])C[O-].COCCOCCOCCOC(=O)C(C[O-])(C[O-])C[O-].[O-2].[O-2].[O-2].[O-2].[O-2].[O-2].[O-2].[O-2].[O-2].[O-2].[O-2].[O-2].[O-2].[V].[V].[V].[V].[V].[V]. The molecule has 0 atom stereocenters. The monoisotopic (exact) mass is 1580 g/mol. The number of carbonyl (C=O) groups excluding carboxylic acids is 2. The summed E-state index contributed by atoms with van der Waals surface area (Å²) in [5.74, 6) is -2.09. The van der Waals surface area contributed by atoms with E-state index in [4.69, 9.17) is 37.9 Å². The van der Waals surface area contributed by atoms with Gasteiger partial charge in [0.25, 0.3) is 0 Å². The summed E-state index contributed by atoms with van der Waals surface area (Å²) in [6.07, 6.45) is 22.1. The van der Waals surface area contributed by atoms with Crippen LogP contribution in [-0.4, -0.2) is 206 Å². The Hall–Kier alpha value is 1.37. The van der Waals surface area contributed by atoms with Crippen molar-refractivity contribution in [3.8, 4) is 0 Å². The van der Waals surface area contributed by atoms with Crippen LogP contribution < -0.4 is 30.6 Å². The van der Waals surface area contributed by atoms with Crippen molar-refractivity contribution in [2.75, 3.05) is 186 Å². The van der Waals surface area contributed by atoms with E-state index in [0.717, 1.165) is 0 Å². The van der Waals surface area contributed by atoms with E-state index in [1.807, 2.05) is 0 Å². The minimum atomic E-state index is -2.00. The average molecular weight is 1590 g/mol. The van der Waals surface area contributed by atoms with E-state index in [9.17, 15) is 40.2 Å². The number of unbranched alkanes of at least 4 members (excludes halogenated alkanes) is 8. The number of carbonyl (C=O) groups is 2. The molecule has 0 unspecified atom stereocenters. The second kappa shape index (κ2) is 120. The number of hydrogen-bond donors (Lipinski definition) is 0. The third kappa shape index (κ3) is 89.4. The van der Waals surface area contributed by atoms with Crippen LogP contribution in [0.25, 0.3) is 0 Å². The number of methoxy groups -OCH3 is 2. The molecule has 0 bridgehead atoms. The maximum Gasteiger partial charge on any atom is 0.308 e. The van der Waals surface area contributed by atoms with Crippen molar-refractivity contribution in [3.05, 3.63) is 0 Å². The second-order valence-electron chi connectivity index (χ2n) is 19.4. The first-order valence-electron chi connectivity index (χ1n) is 28.6. The van der Waals surface area contributed by atoms with Crippen LogP contribution in [0, 0.1) is 10.8 Å². The van der Waals surface area contributed by atoms with Gasteiger partial charge in [-0.1, -0.05) is 107 Å². The normalized spacial score (nSPS) is 9.38. The van der Waals surface area contributed by atoms with E-state index >= 15 is 0 Å². The van der Waals surface area contributed by atoms with Crippen LogP contribution in [0.3, 0.4) is 0 Å². The molecule has 31 nitrogen and oxygen atoms in total. The number of hydrogen-bond acceptors (Lipinski definition) is 16. The van der Waals surface area contributed by atoms with Gasteiger partial charge in [0.15, 0.2) is 0 Å². The first kappa shape index (κ1) is 162. The van der Waals surface area contributed by atoms with Crippen LogP contribution >= 0.6 is 0 Å². The largest absolute Gasteiger partial charge is 2.00 e. The number of quaternary nitrogens is 2. The fourth-order valence-electron chi connectivity index (χ4n) is 7.51. The summed E-state index contributed by atoms with van der Waals surface area (Å²) in [5.41, 5.74) is -3.99. The Bertz CT molecular complexity index is 1030. The summed E-state index contributed by atoms with van der Waals surface area (Å²) < 4.78 is 42.2. The van der Waals surface area contributed by atoms with Crippen molar-refractivity contribution >= 4 is 11.9 Å². The predicted molar refractivity (Wildman–Crippen MR) is 291 cm³/mol. The molecule has 0 aromatic rings. The first-order valence-corrected chi connectivity index (χ1v) is 28.6. The predicted octanol–water partition coefficient (Wildman–Crippen LogP) is 1.00. The molecule has 93 heavy (non-hydrogen) atoms. The fraction of sp³-hybridized carbons (Fsp3) is 0.964. The van der Waals surface area contributed by atoms with E-state index in [2.05, 4.69) is 55.4 Å². The molecule has 0 aliphatic rings. The van der Waals surface area contributed by atoms with Crippen molar-refractivity contribution in [3.63, 3.8) is 0 Å². The Morgan fingerprint density at radius 1 is 0.269 bits per heavy atom. The third-order valence-electron chi connectivity index (χ3n) is 12.9. The van der Waals surface area contributed by atoms with Crippen molar-refractivity contribution in [2.24, 2.45) is 10.8 Å². The van der Waals surface area contributed by atoms with Crippen LogP contribution in [0.4, 0.5) is 0 Å². The van der Waals surface area contributed by atoms with E-state index in [1.54, 1.807) is 14.2 Å². The van der Waals surface area contributed by atoms with Crippen LogP contribution in [0.5, 0.6) is 0 Å². The maximum absolute atomic E-state index is 11.4. The summed E-state index contributed by atoms with van der Waals surface area (Å²) in [6, 6.07) is 0. The van der Waals surface area contributed by atoms with Gasteiger partial charge in [-0.3, -0.25) is 9.59 Å². The number of ether oxygens (including phenoxy) is 8. The molecule has 0 rings (SSSR count). The zero-order valence-corrected chi connectivity index (χ0v) is 65.5. The molecule has 582 valence electrons. The summed E-state index contributed by atoms with van der Waals surface area (Å²) in [4.78, 5) is 22.9. The van der Waals surface area contributed by atoms with Gasteiger partial charge in [-0.15, -0.1) is 39.6 Å². The smallest absolute Gasteiger partial charge is 0.308 e. The molecule has 0 aliphatic heterocycles. The molecular formula is C56H114N2O29V6-30. The van der Waals surface area contributed by atoms with Crippen LogP contribution in [0.1, 0.15) is 158 Å². The molecule has 0 spiro atoms. The van der Waals surface area contributed by atoms with Crippen molar-refractivity contribution < 1.29 is 270 Å². The molecule has 0 aromatic carbocycles. The molecule has 0 saturated heterocycles. The fourth-order valence-corrected chi connectivity index (χ4v) is 7.51. The molecular weight excluding hydrogens is 1470 g/mol. The zero-order valence-electron chi connectivity index (χ0n) is 57.1. The van der Waals surface area contributed by atoms with Gasteiger partial charge in [0, 0.05) is 136 Å². The zero-order chi connectivity index (χ0) is 56.5. The Kier molecular flexibility index (Phi) is 209. The molecule has 0 aliphatic carbocycles. The molecule has 0 fully saturated rings. The van der Waals surface area contributed by atoms with Gasteiger partial charge in [0.2, 0.25) is 0 Å². The van der Waals surface area contributed by atoms with Crippen LogP contribution in [0.2, 0.25) is 0 Å². The van der Waals surface area contributed by atoms with E-state index < -0.39 is 62.4 Å². The Balaban J connectivity index is -0.0000000314. The second-order valence-corrected chi connectivity index (χ2v) is 19.4. The molecule has 0 saturated carbocycles. The number of nitrogens with zero attached hydrogens (tertiary/aromatic N) is 2. The van der Waals surface area contributed by atoms with Crippen molar-refractivity contribution in [1.29, 1.82) is 0 Å². The summed E-state index contributed by atoms with van der Waals surface area (Å²) in [5, 5.41) is 64.5. The average Bonchev–Trinajstić information content (AvgIpc) is 3.43. The Labute approximate surface area is 631 Å². The molecule has 0 amide bonds. The van der Waals surface area contributed by atoms with Crippen molar-refractivity contribution in [1.82, 2.24) is 0 Å². The van der Waals surface area contributed by atoms with Crippen LogP contribution in [0.15, 0.2) is 0 Å². The van der Waals surface area contributed by atoms with E-state index in [-0.39, 0.29) is 209 Å². The minimum Gasteiger partial charge on any atom is -2.00 e. The van der Waals surface area contributed by atoms with Gasteiger partial charge < -0.3 is 149 Å². The van der Waals surface area contributed by atoms with Crippen LogP contribution in [-0.2, 0) is 230 Å². The van der Waals surface area contributed by atoms with Gasteiger partial charge >= 0.3 is 11.9 Å². The Morgan fingerprint density at radius 2 is 0.409 bits per heavy atom. The van der Waals surface area contributed by atoms with Gasteiger partial charge in [-0.2, -0.15) is 0 Å². The van der Waals surface area contributed by atoms with Gasteiger partial charge in [-0.25, -0.2) is 0 Å². The third-order valence-corrected chi connectivity index (χ3v) is 12.9. The first-order chi connectivity index (χ1) is 35.8.